The van der Waals surface area contributed by atoms with Crippen molar-refractivity contribution >= 4 is 17.2 Å². The molecule has 126 valence electrons. The van der Waals surface area contributed by atoms with Crippen LogP contribution in [0.1, 0.15) is 29.2 Å². The molecule has 2 aliphatic rings. The molecule has 0 saturated carbocycles. The number of rotatable bonds is 2. The second-order valence-electron chi connectivity index (χ2n) is 6.47. The highest BCUT2D eigenvalue weighted by molar-refractivity contribution is 7.07. The lowest BCUT2D eigenvalue weighted by molar-refractivity contribution is 0.0660. The smallest absolute Gasteiger partial charge is 0.273 e. The number of hydrogen-bond acceptors (Lipinski definition) is 6. The third-order valence-corrected chi connectivity index (χ3v) is 5.65. The predicted molar refractivity (Wildman–Crippen MR) is 92.1 cm³/mol. The first-order valence-corrected chi connectivity index (χ1v) is 9.29. The van der Waals surface area contributed by atoms with Crippen molar-refractivity contribution in [3.63, 3.8) is 0 Å². The monoisotopic (exact) mass is 352 g/mol. The Hall–Kier alpha value is -2.61. The summed E-state index contributed by atoms with van der Waals surface area (Å²) in [7, 11) is 0. The Kier molecular flexibility index (Phi) is 3.37. The van der Waals surface area contributed by atoms with E-state index in [1.807, 2.05) is 22.4 Å². The van der Waals surface area contributed by atoms with E-state index in [4.69, 9.17) is 0 Å². The number of carbonyl (C=O) groups is 1. The van der Waals surface area contributed by atoms with E-state index in [9.17, 15) is 4.79 Å². The van der Waals surface area contributed by atoms with Gasteiger partial charge in [-0.25, -0.2) is 4.98 Å². The zero-order valence-corrected chi connectivity index (χ0v) is 14.3. The van der Waals surface area contributed by atoms with Crippen LogP contribution in [0.3, 0.4) is 0 Å². The molecule has 5 heterocycles. The second kappa shape index (κ2) is 5.73. The Morgan fingerprint density at radius 1 is 1.24 bits per heavy atom. The molecule has 1 amide bonds. The van der Waals surface area contributed by atoms with Crippen LogP contribution < -0.4 is 0 Å². The molecule has 3 aromatic heterocycles. The van der Waals surface area contributed by atoms with E-state index in [1.54, 1.807) is 17.9 Å². The third-order valence-electron chi connectivity index (χ3n) is 5.06. The van der Waals surface area contributed by atoms with E-state index >= 15 is 0 Å². The van der Waals surface area contributed by atoms with Crippen LogP contribution in [0.15, 0.2) is 35.4 Å². The molecule has 8 heteroatoms. The van der Waals surface area contributed by atoms with Gasteiger partial charge in [0.2, 0.25) is 0 Å². The summed E-state index contributed by atoms with van der Waals surface area (Å²) in [6.45, 7) is 0.721. The van der Waals surface area contributed by atoms with Crippen LogP contribution in [0, 0.1) is 0 Å². The number of thiazole rings is 1. The van der Waals surface area contributed by atoms with Gasteiger partial charge >= 0.3 is 0 Å². The summed E-state index contributed by atoms with van der Waals surface area (Å²) >= 11 is 1.46. The first-order valence-electron chi connectivity index (χ1n) is 8.34. The molecule has 0 N–H and O–H groups in total. The standard InChI is InChI=1S/C17H16N6OS/c24-17(14-9-25-10-19-14)23-12-3-4-13(23)8-22-15(6-12)20-21-16(22)11-2-1-5-18-7-11/h1-2,5,7,9-10,12-13H,3-4,6,8H2. The lowest BCUT2D eigenvalue weighted by Crippen LogP contribution is -2.42. The fourth-order valence-corrected chi connectivity index (χ4v) is 4.46. The number of fused-ring (bicyclic) bond motifs is 3. The maximum absolute atomic E-state index is 12.9. The molecule has 5 rings (SSSR count). The highest BCUT2D eigenvalue weighted by atomic mass is 32.1. The topological polar surface area (TPSA) is 76.8 Å². The van der Waals surface area contributed by atoms with Gasteiger partial charge in [-0.3, -0.25) is 9.78 Å². The minimum Gasteiger partial charge on any atom is -0.329 e. The number of amides is 1. The minimum atomic E-state index is 0.0374. The molecule has 2 aliphatic heterocycles. The molecule has 2 atom stereocenters. The third kappa shape index (κ3) is 2.36. The predicted octanol–water partition coefficient (Wildman–Crippen LogP) is 2.03. The highest BCUT2D eigenvalue weighted by Crippen LogP contribution is 2.34. The van der Waals surface area contributed by atoms with Crippen LogP contribution in [0.25, 0.3) is 11.4 Å². The molecular weight excluding hydrogens is 336 g/mol. The first-order chi connectivity index (χ1) is 12.3. The van der Waals surface area contributed by atoms with E-state index in [0.717, 1.165) is 43.0 Å². The number of nitrogens with zero attached hydrogens (tertiary/aromatic N) is 6. The average Bonchev–Trinajstić information content (AvgIpc) is 3.35. The van der Waals surface area contributed by atoms with Crippen LogP contribution in [0.4, 0.5) is 0 Å². The summed E-state index contributed by atoms with van der Waals surface area (Å²) in [5.74, 6) is 1.81. The van der Waals surface area contributed by atoms with Crippen molar-refractivity contribution in [1.29, 1.82) is 0 Å². The lowest BCUT2D eigenvalue weighted by atomic mass is 10.1. The van der Waals surface area contributed by atoms with E-state index < -0.39 is 0 Å². The number of pyridine rings is 1. The van der Waals surface area contributed by atoms with Gasteiger partial charge in [0, 0.05) is 42.3 Å². The molecule has 2 bridgehead atoms. The van der Waals surface area contributed by atoms with Gasteiger partial charge in [-0.1, -0.05) is 0 Å². The molecule has 0 aliphatic carbocycles. The summed E-state index contributed by atoms with van der Waals surface area (Å²) in [6.07, 6.45) is 6.30. The van der Waals surface area contributed by atoms with E-state index in [1.165, 1.54) is 11.3 Å². The molecule has 0 radical (unpaired) electrons. The molecule has 2 unspecified atom stereocenters. The first kappa shape index (κ1) is 14.7. The zero-order valence-electron chi connectivity index (χ0n) is 13.4. The lowest BCUT2D eigenvalue weighted by Gasteiger charge is -2.27. The van der Waals surface area contributed by atoms with Crippen LogP contribution >= 0.6 is 11.3 Å². The SMILES string of the molecule is O=C(c1cscn1)N1C2CCC1Cn1c(nnc1-c1cccnc1)C2. The molecule has 0 aromatic carbocycles. The number of aromatic nitrogens is 5. The van der Waals surface area contributed by atoms with E-state index in [2.05, 4.69) is 24.7 Å². The van der Waals surface area contributed by atoms with Crippen molar-refractivity contribution in [2.24, 2.45) is 0 Å². The summed E-state index contributed by atoms with van der Waals surface area (Å²) in [4.78, 5) is 23.3. The summed E-state index contributed by atoms with van der Waals surface area (Å²) in [5.41, 5.74) is 3.21. The largest absolute Gasteiger partial charge is 0.329 e. The average molecular weight is 352 g/mol. The number of carbonyl (C=O) groups excluding carboxylic acids is 1. The molecular formula is C17H16N6OS. The maximum atomic E-state index is 12.9. The molecule has 3 aromatic rings. The van der Waals surface area contributed by atoms with Gasteiger partial charge in [0.05, 0.1) is 11.6 Å². The Balaban J connectivity index is 1.51. The molecule has 7 nitrogen and oxygen atoms in total. The fraction of sp³-hybridized carbons (Fsp3) is 0.353. The highest BCUT2D eigenvalue weighted by Gasteiger charge is 2.41. The van der Waals surface area contributed by atoms with Gasteiger partial charge in [0.15, 0.2) is 5.82 Å². The van der Waals surface area contributed by atoms with Gasteiger partial charge in [-0.15, -0.1) is 21.5 Å². The van der Waals surface area contributed by atoms with Gasteiger partial charge in [0.25, 0.3) is 5.91 Å². The van der Waals surface area contributed by atoms with Crippen molar-refractivity contribution in [3.8, 4) is 11.4 Å². The summed E-state index contributed by atoms with van der Waals surface area (Å²) in [5, 5.41) is 10.6. The van der Waals surface area contributed by atoms with Crippen LogP contribution in [-0.4, -0.2) is 47.6 Å². The van der Waals surface area contributed by atoms with Crippen molar-refractivity contribution in [3.05, 3.63) is 46.9 Å². The minimum absolute atomic E-state index is 0.0374. The fourth-order valence-electron chi connectivity index (χ4n) is 3.93. The van der Waals surface area contributed by atoms with Gasteiger partial charge in [-0.05, 0) is 25.0 Å². The van der Waals surface area contributed by atoms with E-state index in [-0.39, 0.29) is 18.0 Å². The van der Waals surface area contributed by atoms with Crippen LogP contribution in [-0.2, 0) is 13.0 Å². The van der Waals surface area contributed by atoms with Gasteiger partial charge < -0.3 is 9.47 Å². The normalized spacial score (nSPS) is 21.8. The maximum Gasteiger partial charge on any atom is 0.273 e. The zero-order chi connectivity index (χ0) is 16.8. The van der Waals surface area contributed by atoms with Gasteiger partial charge in [-0.2, -0.15) is 0 Å². The molecule has 1 saturated heterocycles. The van der Waals surface area contributed by atoms with E-state index in [0.29, 0.717) is 5.69 Å². The van der Waals surface area contributed by atoms with Crippen molar-refractivity contribution < 1.29 is 4.79 Å². The Morgan fingerprint density at radius 3 is 2.96 bits per heavy atom. The summed E-state index contributed by atoms with van der Waals surface area (Å²) < 4.78 is 2.15. The molecule has 1 fully saturated rings. The van der Waals surface area contributed by atoms with Gasteiger partial charge in [0.1, 0.15) is 11.5 Å². The molecule has 0 spiro atoms. The Bertz CT molecular complexity index is 907. The van der Waals surface area contributed by atoms with Crippen LogP contribution in [0.5, 0.6) is 0 Å². The van der Waals surface area contributed by atoms with Crippen molar-refractivity contribution in [2.75, 3.05) is 0 Å². The van der Waals surface area contributed by atoms with Crippen molar-refractivity contribution in [2.45, 2.75) is 37.9 Å². The summed E-state index contributed by atoms with van der Waals surface area (Å²) in [6, 6.07) is 4.22. The molecule has 25 heavy (non-hydrogen) atoms. The Labute approximate surface area is 148 Å². The quantitative estimate of drug-likeness (QED) is 0.705. The Morgan fingerprint density at radius 2 is 2.16 bits per heavy atom. The van der Waals surface area contributed by atoms with Crippen LogP contribution in [0.2, 0.25) is 0 Å². The number of hydrogen-bond donors (Lipinski definition) is 0. The second-order valence-corrected chi connectivity index (χ2v) is 7.19. The van der Waals surface area contributed by atoms with Crippen molar-refractivity contribution in [1.82, 2.24) is 29.6 Å².